The largest absolute Gasteiger partial charge is 0.493 e. The fraction of sp³-hybridized carbons (Fsp3) is 0.529. The van der Waals surface area contributed by atoms with Crippen LogP contribution < -0.4 is 19.7 Å². The average Bonchev–Trinajstić information content (AvgIpc) is 3.43. The molecule has 260 valence electrons. The molecule has 1 aromatic heterocycles. The first-order valence-corrected chi connectivity index (χ1v) is 16.3. The Bertz CT molecular complexity index is 1500. The number of hydrogen-bond donors (Lipinski definition) is 1. The van der Waals surface area contributed by atoms with Crippen molar-refractivity contribution in [2.24, 2.45) is 7.05 Å². The minimum absolute atomic E-state index is 0.0335. The third-order valence-electron chi connectivity index (χ3n) is 8.61. The van der Waals surface area contributed by atoms with Crippen LogP contribution in [0.3, 0.4) is 0 Å². The van der Waals surface area contributed by atoms with Crippen molar-refractivity contribution in [1.29, 1.82) is 0 Å². The van der Waals surface area contributed by atoms with Gasteiger partial charge < -0.3 is 43.2 Å². The summed E-state index contributed by atoms with van der Waals surface area (Å²) in [6.45, 7) is 4.83. The summed E-state index contributed by atoms with van der Waals surface area (Å²) in [6, 6.07) is 4.28. The van der Waals surface area contributed by atoms with Gasteiger partial charge in [-0.2, -0.15) is 0 Å². The standard InChI is InChI=1S/C34H44N4O10/c1-5-15-47-34(42)38-25-20-28(45-17-10-12-29(39)35-22-18-26(33(41)44-4)36(2)21-22)27(43-3)19-23(25)31(40)37-14-8-6-11-24(37)32(38)48-30-13-7-9-16-46-30/h5,18-21,24,30,32H,1,6-17H2,2-4H3,(H,35,39). The Morgan fingerprint density at radius 1 is 1.08 bits per heavy atom. The van der Waals surface area contributed by atoms with E-state index in [0.29, 0.717) is 49.5 Å². The highest BCUT2D eigenvalue weighted by Crippen LogP contribution is 2.42. The Balaban J connectivity index is 1.38. The summed E-state index contributed by atoms with van der Waals surface area (Å²) in [7, 11) is 4.44. The number of rotatable bonds is 12. The van der Waals surface area contributed by atoms with Crippen molar-refractivity contribution < 1.29 is 47.6 Å². The Labute approximate surface area is 279 Å². The number of methoxy groups -OCH3 is 2. The Kier molecular flexibility index (Phi) is 11.6. The summed E-state index contributed by atoms with van der Waals surface area (Å²) in [5, 5.41) is 2.77. The molecule has 0 saturated carbocycles. The third kappa shape index (κ3) is 7.76. The molecule has 14 nitrogen and oxygen atoms in total. The van der Waals surface area contributed by atoms with E-state index < -0.39 is 30.6 Å². The maximum atomic E-state index is 14.1. The van der Waals surface area contributed by atoms with Gasteiger partial charge in [0.2, 0.25) is 5.91 Å². The van der Waals surface area contributed by atoms with Gasteiger partial charge in [-0.15, -0.1) is 0 Å². The number of amides is 3. The highest BCUT2D eigenvalue weighted by molar-refractivity contribution is 6.06. The summed E-state index contributed by atoms with van der Waals surface area (Å²) < 4.78 is 36.1. The maximum Gasteiger partial charge on any atom is 0.416 e. The molecule has 3 amide bonds. The lowest BCUT2D eigenvalue weighted by Gasteiger charge is -2.42. The first-order valence-electron chi connectivity index (χ1n) is 16.3. The van der Waals surface area contributed by atoms with E-state index in [1.807, 2.05) is 0 Å². The molecule has 3 aliphatic rings. The van der Waals surface area contributed by atoms with Gasteiger partial charge in [-0.25, -0.2) is 14.5 Å². The van der Waals surface area contributed by atoms with Gasteiger partial charge in [-0.1, -0.05) is 12.7 Å². The predicted octanol–water partition coefficient (Wildman–Crippen LogP) is 4.62. The molecular formula is C34H44N4O10. The van der Waals surface area contributed by atoms with Crippen LogP contribution in [0, 0.1) is 0 Å². The summed E-state index contributed by atoms with van der Waals surface area (Å²) in [6.07, 6.45) is 6.31. The van der Waals surface area contributed by atoms with E-state index in [-0.39, 0.29) is 48.4 Å². The van der Waals surface area contributed by atoms with Crippen molar-refractivity contribution in [2.45, 2.75) is 69.9 Å². The normalized spacial score (nSPS) is 20.6. The molecule has 3 aliphatic heterocycles. The van der Waals surface area contributed by atoms with E-state index in [1.165, 1.54) is 31.3 Å². The van der Waals surface area contributed by atoms with E-state index in [4.69, 9.17) is 28.4 Å². The molecule has 3 atom stereocenters. The predicted molar refractivity (Wildman–Crippen MR) is 174 cm³/mol. The van der Waals surface area contributed by atoms with Crippen LogP contribution in [0.4, 0.5) is 16.2 Å². The molecule has 5 rings (SSSR count). The summed E-state index contributed by atoms with van der Waals surface area (Å²) in [5.41, 5.74) is 1.30. The van der Waals surface area contributed by atoms with Crippen LogP contribution in [-0.4, -0.2) is 92.5 Å². The molecule has 1 N–H and O–H groups in total. The van der Waals surface area contributed by atoms with E-state index in [2.05, 4.69) is 11.9 Å². The van der Waals surface area contributed by atoms with Crippen molar-refractivity contribution in [3.63, 3.8) is 0 Å². The van der Waals surface area contributed by atoms with Gasteiger partial charge in [0, 0.05) is 38.9 Å². The highest BCUT2D eigenvalue weighted by Gasteiger charge is 2.46. The van der Waals surface area contributed by atoms with Gasteiger partial charge in [0.05, 0.1) is 43.8 Å². The lowest BCUT2D eigenvalue weighted by atomic mass is 10.00. The zero-order valence-corrected chi connectivity index (χ0v) is 27.7. The van der Waals surface area contributed by atoms with Crippen molar-refractivity contribution in [1.82, 2.24) is 9.47 Å². The van der Waals surface area contributed by atoms with Crippen LogP contribution >= 0.6 is 0 Å². The van der Waals surface area contributed by atoms with Gasteiger partial charge in [0.15, 0.2) is 24.0 Å². The number of aryl methyl sites for hydroxylation is 1. The minimum atomic E-state index is -0.876. The topological polar surface area (TPSA) is 147 Å². The lowest BCUT2D eigenvalue weighted by Crippen LogP contribution is -2.57. The Morgan fingerprint density at radius 3 is 2.62 bits per heavy atom. The fourth-order valence-corrected chi connectivity index (χ4v) is 6.27. The zero-order valence-electron chi connectivity index (χ0n) is 27.7. The molecule has 3 unspecified atom stereocenters. The van der Waals surface area contributed by atoms with E-state index in [1.54, 1.807) is 34.8 Å². The first-order chi connectivity index (χ1) is 23.2. The van der Waals surface area contributed by atoms with Gasteiger partial charge >= 0.3 is 12.1 Å². The maximum absolute atomic E-state index is 14.1. The SMILES string of the molecule is C=CCOC(=O)N1c2cc(OCCCC(=O)Nc3cc(C(=O)OC)n(C)c3)c(OC)cc2C(=O)N2CCCCC2C1OC1CCCCO1. The number of nitrogens with one attached hydrogen (secondary N) is 1. The van der Waals surface area contributed by atoms with E-state index >= 15 is 0 Å². The molecular weight excluding hydrogens is 624 g/mol. The van der Waals surface area contributed by atoms with Gasteiger partial charge in [0.1, 0.15) is 12.3 Å². The lowest BCUT2D eigenvalue weighted by molar-refractivity contribution is -0.198. The summed E-state index contributed by atoms with van der Waals surface area (Å²) in [4.78, 5) is 55.6. The molecule has 0 aliphatic carbocycles. The van der Waals surface area contributed by atoms with Crippen LogP contribution in [0.25, 0.3) is 0 Å². The van der Waals surface area contributed by atoms with Gasteiger partial charge in [-0.3, -0.25) is 9.59 Å². The number of esters is 1. The van der Waals surface area contributed by atoms with Crippen molar-refractivity contribution in [3.05, 3.63) is 48.3 Å². The number of nitrogens with zero attached hydrogens (tertiary/aromatic N) is 3. The second kappa shape index (κ2) is 16.0. The number of benzene rings is 1. The summed E-state index contributed by atoms with van der Waals surface area (Å²) in [5.74, 6) is -0.438. The van der Waals surface area contributed by atoms with Gasteiger partial charge in [0.25, 0.3) is 5.91 Å². The second-order valence-corrected chi connectivity index (χ2v) is 11.9. The number of carbonyl (C=O) groups is 4. The number of fused-ring (bicyclic) bond motifs is 2. The number of aromatic nitrogens is 1. The summed E-state index contributed by atoms with van der Waals surface area (Å²) >= 11 is 0. The molecule has 0 radical (unpaired) electrons. The first kappa shape index (κ1) is 34.8. The fourth-order valence-electron chi connectivity index (χ4n) is 6.27. The molecule has 2 aromatic rings. The van der Waals surface area contributed by atoms with Crippen LogP contribution in [0.5, 0.6) is 11.5 Å². The van der Waals surface area contributed by atoms with Crippen molar-refractivity contribution in [2.75, 3.05) is 50.8 Å². The molecule has 1 aromatic carbocycles. The molecule has 2 fully saturated rings. The van der Waals surface area contributed by atoms with Crippen LogP contribution in [0.1, 0.15) is 72.2 Å². The third-order valence-corrected chi connectivity index (χ3v) is 8.61. The van der Waals surface area contributed by atoms with E-state index in [0.717, 1.165) is 25.7 Å². The highest BCUT2D eigenvalue weighted by atomic mass is 16.7. The Morgan fingerprint density at radius 2 is 1.90 bits per heavy atom. The average molecular weight is 669 g/mol. The van der Waals surface area contributed by atoms with Gasteiger partial charge in [-0.05, 0) is 57.1 Å². The van der Waals surface area contributed by atoms with Crippen molar-refractivity contribution in [3.8, 4) is 11.5 Å². The Hall–Kier alpha value is -4.56. The molecule has 14 heteroatoms. The monoisotopic (exact) mass is 668 g/mol. The quantitative estimate of drug-likeness (QED) is 0.193. The second-order valence-electron chi connectivity index (χ2n) is 11.9. The number of ether oxygens (including phenoxy) is 6. The van der Waals surface area contributed by atoms with Crippen LogP contribution in [-0.2, 0) is 30.8 Å². The van der Waals surface area contributed by atoms with Crippen LogP contribution in [0.15, 0.2) is 37.1 Å². The molecule has 2 saturated heterocycles. The number of carbonyl (C=O) groups excluding carboxylic acids is 4. The molecule has 0 bridgehead atoms. The van der Waals surface area contributed by atoms with E-state index in [9.17, 15) is 19.2 Å². The minimum Gasteiger partial charge on any atom is -0.493 e. The smallest absolute Gasteiger partial charge is 0.416 e. The molecule has 4 heterocycles. The van der Waals surface area contributed by atoms with Crippen LogP contribution in [0.2, 0.25) is 0 Å². The molecule has 48 heavy (non-hydrogen) atoms. The zero-order chi connectivity index (χ0) is 34.2. The number of hydrogen-bond acceptors (Lipinski definition) is 10. The number of anilines is 2. The molecule has 0 spiro atoms. The number of piperidine rings is 1. The van der Waals surface area contributed by atoms with Crippen molar-refractivity contribution >= 4 is 35.3 Å².